The summed E-state index contributed by atoms with van der Waals surface area (Å²) in [4.78, 5) is 15.6. The molecule has 2 heterocycles. The number of carbonyl (C=O) groups excluding carboxylic acids is 1. The molecule has 74 valence electrons. The lowest BCUT2D eigenvalue weighted by Crippen LogP contribution is -2.13. The number of fused-ring (bicyclic) bond motifs is 1. The van der Waals surface area contributed by atoms with E-state index in [1.807, 2.05) is 4.40 Å². The van der Waals surface area contributed by atoms with Gasteiger partial charge in [-0.15, -0.1) is 11.3 Å². The molecule has 0 aliphatic rings. The Morgan fingerprint density at radius 3 is 2.79 bits per heavy atom. The normalized spacial score (nSPS) is 12.2. The lowest BCUT2D eigenvalue weighted by molar-refractivity contribution is 0.111. The van der Waals surface area contributed by atoms with Crippen LogP contribution in [-0.4, -0.2) is 15.7 Å². The lowest BCUT2D eigenvalue weighted by Gasteiger charge is -2.16. The fourth-order valence-corrected chi connectivity index (χ4v) is 2.50. The highest BCUT2D eigenvalue weighted by Gasteiger charge is 2.19. The summed E-state index contributed by atoms with van der Waals surface area (Å²) in [5.41, 5.74) is 1.78. The Balaban J connectivity index is 2.67. The van der Waals surface area contributed by atoms with Gasteiger partial charge in [0.1, 0.15) is 5.69 Å². The van der Waals surface area contributed by atoms with Crippen molar-refractivity contribution in [1.29, 1.82) is 0 Å². The van der Waals surface area contributed by atoms with Crippen LogP contribution in [0.5, 0.6) is 0 Å². The van der Waals surface area contributed by atoms with Gasteiger partial charge in [-0.1, -0.05) is 20.8 Å². The van der Waals surface area contributed by atoms with Crippen molar-refractivity contribution in [3.63, 3.8) is 0 Å². The third kappa shape index (κ3) is 1.35. The van der Waals surface area contributed by atoms with E-state index in [0.29, 0.717) is 5.69 Å². The first-order valence-electron chi connectivity index (χ1n) is 4.44. The van der Waals surface area contributed by atoms with Gasteiger partial charge in [-0.05, 0) is 0 Å². The van der Waals surface area contributed by atoms with Crippen LogP contribution in [0.1, 0.15) is 37.0 Å². The zero-order valence-electron chi connectivity index (χ0n) is 8.44. The van der Waals surface area contributed by atoms with Crippen LogP contribution in [0.25, 0.3) is 4.96 Å². The standard InChI is InChI=1S/C10H12N2OS/c1-10(2,3)8-6-14-9-11-7(5-13)4-12(8)9/h4-6H,1-3H3. The van der Waals surface area contributed by atoms with Crippen molar-refractivity contribution in [3.05, 3.63) is 23.0 Å². The number of imidazole rings is 1. The van der Waals surface area contributed by atoms with E-state index in [4.69, 9.17) is 0 Å². The van der Waals surface area contributed by atoms with Gasteiger partial charge >= 0.3 is 0 Å². The van der Waals surface area contributed by atoms with Gasteiger partial charge < -0.3 is 0 Å². The Labute approximate surface area is 86.4 Å². The molecule has 2 aromatic rings. The maximum absolute atomic E-state index is 10.6. The monoisotopic (exact) mass is 208 g/mol. The number of hydrogen-bond acceptors (Lipinski definition) is 3. The molecule has 0 amide bonds. The molecule has 2 aromatic heterocycles. The Hall–Kier alpha value is -1.16. The molecule has 0 aromatic carbocycles. The van der Waals surface area contributed by atoms with Gasteiger partial charge in [0, 0.05) is 22.7 Å². The maximum Gasteiger partial charge on any atom is 0.194 e. The molecule has 0 aliphatic carbocycles. The van der Waals surface area contributed by atoms with Crippen molar-refractivity contribution < 1.29 is 4.79 Å². The first kappa shape index (κ1) is 9.40. The number of aromatic nitrogens is 2. The molecule has 0 fully saturated rings. The fourth-order valence-electron chi connectivity index (χ4n) is 1.40. The van der Waals surface area contributed by atoms with Crippen molar-refractivity contribution in [1.82, 2.24) is 9.38 Å². The summed E-state index contributed by atoms with van der Waals surface area (Å²) in [7, 11) is 0. The summed E-state index contributed by atoms with van der Waals surface area (Å²) >= 11 is 1.57. The number of nitrogens with zero attached hydrogens (tertiary/aromatic N) is 2. The van der Waals surface area contributed by atoms with E-state index in [2.05, 4.69) is 31.1 Å². The fraction of sp³-hybridized carbons (Fsp3) is 0.400. The zero-order chi connectivity index (χ0) is 10.3. The van der Waals surface area contributed by atoms with E-state index >= 15 is 0 Å². The van der Waals surface area contributed by atoms with Crippen LogP contribution in [0.15, 0.2) is 11.6 Å². The van der Waals surface area contributed by atoms with Crippen molar-refractivity contribution in [2.24, 2.45) is 0 Å². The van der Waals surface area contributed by atoms with E-state index in [9.17, 15) is 4.79 Å². The molecule has 0 unspecified atom stereocenters. The molecule has 0 saturated carbocycles. The second-order valence-electron chi connectivity index (χ2n) is 4.31. The first-order valence-corrected chi connectivity index (χ1v) is 5.32. The van der Waals surface area contributed by atoms with Crippen LogP contribution in [0.4, 0.5) is 0 Å². The van der Waals surface area contributed by atoms with E-state index in [1.54, 1.807) is 17.5 Å². The predicted octanol–water partition coefficient (Wildman–Crippen LogP) is 2.51. The van der Waals surface area contributed by atoms with Gasteiger partial charge in [-0.25, -0.2) is 4.98 Å². The van der Waals surface area contributed by atoms with Crippen molar-refractivity contribution in [2.45, 2.75) is 26.2 Å². The topological polar surface area (TPSA) is 34.4 Å². The predicted molar refractivity (Wildman–Crippen MR) is 57.2 cm³/mol. The molecule has 0 N–H and O–H groups in total. The van der Waals surface area contributed by atoms with E-state index in [-0.39, 0.29) is 5.41 Å². The summed E-state index contributed by atoms with van der Waals surface area (Å²) in [5, 5.41) is 2.09. The third-order valence-electron chi connectivity index (χ3n) is 2.12. The zero-order valence-corrected chi connectivity index (χ0v) is 9.26. The van der Waals surface area contributed by atoms with Crippen molar-refractivity contribution >= 4 is 22.6 Å². The number of carbonyl (C=O) groups is 1. The minimum absolute atomic E-state index is 0.0824. The highest BCUT2D eigenvalue weighted by atomic mass is 32.1. The van der Waals surface area contributed by atoms with E-state index in [1.165, 1.54) is 5.69 Å². The summed E-state index contributed by atoms with van der Waals surface area (Å²) in [6, 6.07) is 0. The molecule has 0 saturated heterocycles. The molecular weight excluding hydrogens is 196 g/mol. The van der Waals surface area contributed by atoms with Crippen LogP contribution in [0.2, 0.25) is 0 Å². The first-order chi connectivity index (χ1) is 6.52. The van der Waals surface area contributed by atoms with Crippen LogP contribution >= 0.6 is 11.3 Å². The smallest absolute Gasteiger partial charge is 0.194 e. The van der Waals surface area contributed by atoms with Crippen LogP contribution in [0.3, 0.4) is 0 Å². The average Bonchev–Trinajstić information content (AvgIpc) is 2.57. The third-order valence-corrected chi connectivity index (χ3v) is 2.96. The molecule has 14 heavy (non-hydrogen) atoms. The van der Waals surface area contributed by atoms with Crippen LogP contribution in [0, 0.1) is 0 Å². The highest BCUT2D eigenvalue weighted by molar-refractivity contribution is 7.15. The minimum Gasteiger partial charge on any atom is -0.296 e. The SMILES string of the molecule is CC(C)(C)c1csc2nc(C=O)cn12. The molecule has 0 radical (unpaired) electrons. The summed E-state index contributed by atoms with van der Waals surface area (Å²) in [6.07, 6.45) is 2.57. The second kappa shape index (κ2) is 2.92. The Bertz CT molecular complexity index is 476. The number of thiazole rings is 1. The molecule has 3 nitrogen and oxygen atoms in total. The molecule has 0 aliphatic heterocycles. The molecule has 2 rings (SSSR count). The largest absolute Gasteiger partial charge is 0.296 e. The Kier molecular flexibility index (Phi) is 1.96. The summed E-state index contributed by atoms with van der Waals surface area (Å²) in [5.74, 6) is 0. The minimum atomic E-state index is 0.0824. The molecule has 4 heteroatoms. The van der Waals surface area contributed by atoms with Gasteiger partial charge in [-0.3, -0.25) is 9.20 Å². The Morgan fingerprint density at radius 2 is 2.21 bits per heavy atom. The van der Waals surface area contributed by atoms with Crippen molar-refractivity contribution in [3.8, 4) is 0 Å². The van der Waals surface area contributed by atoms with Gasteiger partial charge in [0.05, 0.1) is 0 Å². The van der Waals surface area contributed by atoms with Crippen LogP contribution < -0.4 is 0 Å². The lowest BCUT2D eigenvalue weighted by atomic mass is 9.93. The molecular formula is C10H12N2OS. The molecule has 0 spiro atoms. The van der Waals surface area contributed by atoms with E-state index < -0.39 is 0 Å². The van der Waals surface area contributed by atoms with Gasteiger partial charge in [0.2, 0.25) is 0 Å². The summed E-state index contributed by atoms with van der Waals surface area (Å²) in [6.45, 7) is 6.44. The van der Waals surface area contributed by atoms with Gasteiger partial charge in [0.15, 0.2) is 11.2 Å². The second-order valence-corrected chi connectivity index (χ2v) is 5.14. The Morgan fingerprint density at radius 1 is 1.50 bits per heavy atom. The summed E-state index contributed by atoms with van der Waals surface area (Å²) < 4.78 is 1.99. The van der Waals surface area contributed by atoms with Crippen LogP contribution in [-0.2, 0) is 5.41 Å². The molecule has 0 atom stereocenters. The quantitative estimate of drug-likeness (QED) is 0.675. The number of rotatable bonds is 1. The average molecular weight is 208 g/mol. The number of hydrogen-bond donors (Lipinski definition) is 0. The van der Waals surface area contributed by atoms with Gasteiger partial charge in [0.25, 0.3) is 0 Å². The van der Waals surface area contributed by atoms with E-state index in [0.717, 1.165) is 11.2 Å². The van der Waals surface area contributed by atoms with Gasteiger partial charge in [-0.2, -0.15) is 0 Å². The van der Waals surface area contributed by atoms with Crippen molar-refractivity contribution in [2.75, 3.05) is 0 Å². The maximum atomic E-state index is 10.6. The molecule has 0 bridgehead atoms. The highest BCUT2D eigenvalue weighted by Crippen LogP contribution is 2.27. The number of aldehydes is 1.